The number of unbranched alkanes of at least 4 members (excludes halogenated alkanes) is 1. The van der Waals surface area contributed by atoms with Crippen LogP contribution in [0.2, 0.25) is 0 Å². The molecule has 1 aromatic rings. The topological polar surface area (TPSA) is 67.8 Å². The molecule has 4 atom stereocenters. The molecule has 1 saturated heterocycles. The predicted octanol–water partition coefficient (Wildman–Crippen LogP) is 8.94. The van der Waals surface area contributed by atoms with Crippen molar-refractivity contribution in [3.05, 3.63) is 75.5 Å². The highest BCUT2D eigenvalue weighted by atomic mass is 79.9. The van der Waals surface area contributed by atoms with Gasteiger partial charge in [-0.05, 0) is 104 Å². The highest BCUT2D eigenvalue weighted by Crippen LogP contribution is 2.41. The van der Waals surface area contributed by atoms with Gasteiger partial charge in [-0.25, -0.2) is 0 Å². The molecule has 2 aliphatic carbocycles. The highest BCUT2D eigenvalue weighted by molar-refractivity contribution is 9.10. The van der Waals surface area contributed by atoms with E-state index in [9.17, 15) is 9.90 Å². The van der Waals surface area contributed by atoms with Gasteiger partial charge in [0.15, 0.2) is 0 Å². The Morgan fingerprint density at radius 2 is 2.02 bits per heavy atom. The molecule has 5 nitrogen and oxygen atoms in total. The molecule has 0 saturated carbocycles. The van der Waals surface area contributed by atoms with Gasteiger partial charge in [-0.1, -0.05) is 85.8 Å². The summed E-state index contributed by atoms with van der Waals surface area (Å²) in [7, 11) is 0. The largest absolute Gasteiger partial charge is 0.494 e. The van der Waals surface area contributed by atoms with Crippen molar-refractivity contribution in [3.8, 4) is 0 Å². The van der Waals surface area contributed by atoms with Crippen LogP contribution in [0.15, 0.2) is 69.9 Å². The van der Waals surface area contributed by atoms with Crippen LogP contribution in [-0.2, 0) is 14.3 Å². The Bertz CT molecular complexity index is 1190. The van der Waals surface area contributed by atoms with Crippen LogP contribution in [0, 0.1) is 23.7 Å². The Morgan fingerprint density at radius 1 is 1.16 bits per heavy atom. The standard InChI is InChI=1S/C38H54BrNO4/c1-27(2)26-40-36(41)23-28(3)37-34(31-15-8-16-32(39)24-31)18-10-14-30-13-9-17-33(25-35(30)38(37)42)44-21-7-5-12-29-11-4-6-20-43-22-19-29/h8-9,15-18,24-25,27-29,37-38,42H,4-7,10-14,19-23,26H2,1-3H3,(H,40,41)/b34-18+. The van der Waals surface area contributed by atoms with Crippen LogP contribution in [0.5, 0.6) is 0 Å². The first kappa shape index (κ1) is 34.7. The van der Waals surface area contributed by atoms with E-state index in [1.165, 1.54) is 37.7 Å². The molecule has 4 rings (SSSR count). The number of carbonyl (C=O) groups excluding carboxylic acids is 1. The average molecular weight is 669 g/mol. The number of aliphatic hydroxyl groups is 1. The molecule has 1 aromatic carbocycles. The normalized spacial score (nSPS) is 24.9. The van der Waals surface area contributed by atoms with Crippen molar-refractivity contribution in [2.75, 3.05) is 26.4 Å². The Kier molecular flexibility index (Phi) is 14.3. The second-order valence-electron chi connectivity index (χ2n) is 13.4. The molecule has 1 heterocycles. The van der Waals surface area contributed by atoms with Crippen LogP contribution < -0.4 is 5.32 Å². The van der Waals surface area contributed by atoms with Crippen molar-refractivity contribution in [2.45, 2.75) is 97.5 Å². The van der Waals surface area contributed by atoms with Crippen LogP contribution in [0.25, 0.3) is 5.57 Å². The van der Waals surface area contributed by atoms with Crippen molar-refractivity contribution < 1.29 is 19.4 Å². The molecule has 0 radical (unpaired) electrons. The first-order valence-corrected chi connectivity index (χ1v) is 17.8. The van der Waals surface area contributed by atoms with E-state index in [1.54, 1.807) is 0 Å². The van der Waals surface area contributed by atoms with E-state index < -0.39 is 6.10 Å². The summed E-state index contributed by atoms with van der Waals surface area (Å²) in [6, 6.07) is 8.30. The summed E-state index contributed by atoms with van der Waals surface area (Å²) in [5.41, 5.74) is 4.41. The molecule has 2 N–H and O–H groups in total. The minimum Gasteiger partial charge on any atom is -0.494 e. The van der Waals surface area contributed by atoms with E-state index in [4.69, 9.17) is 9.47 Å². The molecular weight excluding hydrogens is 614 g/mol. The number of allylic oxidation sites excluding steroid dienone is 4. The lowest BCUT2D eigenvalue weighted by molar-refractivity contribution is -0.122. The maximum atomic E-state index is 13.0. The Hall–Kier alpha value is -2.15. The van der Waals surface area contributed by atoms with Crippen molar-refractivity contribution in [2.24, 2.45) is 23.7 Å². The lowest BCUT2D eigenvalue weighted by Crippen LogP contribution is -2.35. The zero-order chi connectivity index (χ0) is 31.3. The zero-order valence-corrected chi connectivity index (χ0v) is 28.7. The molecule has 6 heteroatoms. The molecule has 242 valence electrons. The maximum absolute atomic E-state index is 13.0. The fourth-order valence-electron chi connectivity index (χ4n) is 6.82. The van der Waals surface area contributed by atoms with Crippen LogP contribution >= 0.6 is 15.9 Å². The highest BCUT2D eigenvalue weighted by Gasteiger charge is 2.35. The molecule has 0 spiro atoms. The number of halogens is 1. The predicted molar refractivity (Wildman–Crippen MR) is 184 cm³/mol. The summed E-state index contributed by atoms with van der Waals surface area (Å²) in [5.74, 6) is 1.72. The monoisotopic (exact) mass is 667 g/mol. The minimum atomic E-state index is -0.747. The lowest BCUT2D eigenvalue weighted by Gasteiger charge is -2.34. The van der Waals surface area contributed by atoms with Gasteiger partial charge in [-0.2, -0.15) is 0 Å². The summed E-state index contributed by atoms with van der Waals surface area (Å²) < 4.78 is 13.0. The third-order valence-electron chi connectivity index (χ3n) is 9.26. The quantitative estimate of drug-likeness (QED) is 0.218. The smallest absolute Gasteiger partial charge is 0.220 e. The summed E-state index contributed by atoms with van der Waals surface area (Å²) in [6.45, 7) is 9.47. The fraction of sp³-hybridized carbons (Fsp3) is 0.605. The zero-order valence-electron chi connectivity index (χ0n) is 27.2. The van der Waals surface area contributed by atoms with Gasteiger partial charge in [0.2, 0.25) is 5.91 Å². The van der Waals surface area contributed by atoms with Gasteiger partial charge in [0.05, 0.1) is 12.7 Å². The number of hydrogen-bond donors (Lipinski definition) is 2. The van der Waals surface area contributed by atoms with Crippen molar-refractivity contribution in [3.63, 3.8) is 0 Å². The Morgan fingerprint density at radius 3 is 2.84 bits per heavy atom. The molecule has 44 heavy (non-hydrogen) atoms. The molecule has 0 bridgehead atoms. The van der Waals surface area contributed by atoms with Crippen LogP contribution in [0.1, 0.15) is 97.0 Å². The van der Waals surface area contributed by atoms with E-state index in [-0.39, 0.29) is 17.7 Å². The number of amides is 1. The van der Waals surface area contributed by atoms with E-state index >= 15 is 0 Å². The number of hydrogen-bond acceptors (Lipinski definition) is 4. The molecule has 1 amide bonds. The molecule has 4 unspecified atom stereocenters. The van der Waals surface area contributed by atoms with Crippen LogP contribution in [0.4, 0.5) is 0 Å². The molecule has 1 aliphatic heterocycles. The first-order chi connectivity index (χ1) is 21.3. The third kappa shape index (κ3) is 10.7. The Labute approximate surface area is 274 Å². The SMILES string of the molecule is CC(C)CNC(=O)CC(C)C1/C(c2cccc(Br)c2)=C/CCC2=C(C=C(OCCCCC3CCCCOCC3)C=CC2)C1O. The lowest BCUT2D eigenvalue weighted by atomic mass is 9.73. The van der Waals surface area contributed by atoms with Crippen molar-refractivity contribution >= 4 is 27.4 Å². The van der Waals surface area contributed by atoms with Gasteiger partial charge < -0.3 is 19.9 Å². The summed E-state index contributed by atoms with van der Waals surface area (Å²) >= 11 is 3.64. The summed E-state index contributed by atoms with van der Waals surface area (Å²) in [5, 5.41) is 15.3. The van der Waals surface area contributed by atoms with Gasteiger partial charge >= 0.3 is 0 Å². The fourth-order valence-corrected chi connectivity index (χ4v) is 7.22. The Balaban J connectivity index is 1.48. The van der Waals surface area contributed by atoms with Gasteiger partial charge in [-0.15, -0.1) is 0 Å². The number of nitrogens with one attached hydrogen (secondary N) is 1. The molecular formula is C38H54BrNO4. The molecule has 0 aromatic heterocycles. The van der Waals surface area contributed by atoms with Gasteiger partial charge in [-0.3, -0.25) is 4.79 Å². The third-order valence-corrected chi connectivity index (χ3v) is 9.76. The second kappa shape index (κ2) is 18.1. The first-order valence-electron chi connectivity index (χ1n) is 17.0. The van der Waals surface area contributed by atoms with Crippen molar-refractivity contribution in [1.82, 2.24) is 5.32 Å². The van der Waals surface area contributed by atoms with Crippen LogP contribution in [-0.4, -0.2) is 43.5 Å². The summed E-state index contributed by atoms with van der Waals surface area (Å²) in [6.07, 6.45) is 19.2. The van der Waals surface area contributed by atoms with Gasteiger partial charge in [0.25, 0.3) is 0 Å². The van der Waals surface area contributed by atoms with Crippen molar-refractivity contribution in [1.29, 1.82) is 0 Å². The van der Waals surface area contributed by atoms with Crippen LogP contribution in [0.3, 0.4) is 0 Å². The van der Waals surface area contributed by atoms with E-state index in [2.05, 4.69) is 78.5 Å². The number of rotatable bonds is 12. The number of benzene rings is 1. The van der Waals surface area contributed by atoms with E-state index in [1.807, 2.05) is 12.1 Å². The second-order valence-corrected chi connectivity index (χ2v) is 14.3. The number of ether oxygens (including phenoxy) is 2. The minimum absolute atomic E-state index is 0.0392. The van der Waals surface area contributed by atoms with Gasteiger partial charge in [0.1, 0.15) is 5.76 Å². The van der Waals surface area contributed by atoms with Gasteiger partial charge in [0, 0.05) is 36.6 Å². The number of aliphatic hydroxyl groups excluding tert-OH is 1. The van der Waals surface area contributed by atoms with E-state index in [0.29, 0.717) is 25.5 Å². The number of carbonyl (C=O) groups is 1. The van der Waals surface area contributed by atoms with E-state index in [0.717, 1.165) is 78.2 Å². The summed E-state index contributed by atoms with van der Waals surface area (Å²) in [4.78, 5) is 13.0. The average Bonchev–Trinajstić information content (AvgIpc) is 3.17. The maximum Gasteiger partial charge on any atom is 0.220 e. The molecule has 3 aliphatic rings. The molecule has 1 fully saturated rings.